The van der Waals surface area contributed by atoms with Gasteiger partial charge in [-0.15, -0.1) is 11.3 Å². The normalized spacial score (nSPS) is 30.4. The Balaban J connectivity index is 1.62. The number of nitrogens with zero attached hydrogens (tertiary/aromatic N) is 2. The van der Waals surface area contributed by atoms with Crippen LogP contribution in [0.4, 0.5) is 0 Å². The first-order chi connectivity index (χ1) is 9.81. The maximum absolute atomic E-state index is 6.10. The van der Waals surface area contributed by atoms with Crippen LogP contribution in [0.15, 0.2) is 17.8 Å². The monoisotopic (exact) mass is 291 g/mol. The number of nitrogens with one attached hydrogen (secondary N) is 1. The van der Waals surface area contributed by atoms with Crippen LogP contribution in [-0.2, 0) is 11.2 Å². The second kappa shape index (κ2) is 4.83. The maximum Gasteiger partial charge on any atom is 0.193 e. The molecule has 4 nitrogen and oxygen atoms in total. The van der Waals surface area contributed by atoms with Gasteiger partial charge in [0.2, 0.25) is 0 Å². The van der Waals surface area contributed by atoms with Crippen molar-refractivity contribution in [1.82, 2.24) is 14.7 Å². The van der Waals surface area contributed by atoms with Crippen molar-refractivity contribution in [3.63, 3.8) is 0 Å². The van der Waals surface area contributed by atoms with Crippen LogP contribution in [0.2, 0.25) is 0 Å². The molecule has 0 spiro atoms. The molecule has 2 unspecified atom stereocenters. The largest absolute Gasteiger partial charge is 0.377 e. The van der Waals surface area contributed by atoms with E-state index >= 15 is 0 Å². The van der Waals surface area contributed by atoms with Crippen LogP contribution in [0, 0.1) is 11.3 Å². The molecule has 2 aromatic rings. The fraction of sp³-hybridized carbons (Fsp3) is 0.667. The SMILES string of the molecule is CNCC1(Cc2cn3ccsc3n2)CCOC1C1CC1. The van der Waals surface area contributed by atoms with E-state index in [1.807, 2.05) is 0 Å². The van der Waals surface area contributed by atoms with Gasteiger partial charge in [0.15, 0.2) is 4.96 Å². The van der Waals surface area contributed by atoms with Crippen molar-refractivity contribution in [3.05, 3.63) is 23.5 Å². The van der Waals surface area contributed by atoms with E-state index in [0.717, 1.165) is 36.9 Å². The summed E-state index contributed by atoms with van der Waals surface area (Å²) < 4.78 is 8.24. The standard InChI is InChI=1S/C15H21N3OS/c1-16-10-15(4-6-19-13(15)11-2-3-11)8-12-9-18-5-7-20-14(18)17-12/h5,7,9,11,13,16H,2-4,6,8,10H2,1H3. The molecule has 0 radical (unpaired) electrons. The average Bonchev–Trinajstić information content (AvgIpc) is 2.85. The lowest BCUT2D eigenvalue weighted by Gasteiger charge is -2.33. The first-order valence-electron chi connectivity index (χ1n) is 7.48. The Morgan fingerprint density at radius 1 is 1.55 bits per heavy atom. The Labute approximate surface area is 123 Å². The highest BCUT2D eigenvalue weighted by Crippen LogP contribution is 2.49. The first kappa shape index (κ1) is 12.8. The van der Waals surface area contributed by atoms with Crippen LogP contribution < -0.4 is 5.32 Å². The molecular formula is C15H21N3OS. The fourth-order valence-electron chi connectivity index (χ4n) is 3.76. The Bertz CT molecular complexity index is 575. The molecule has 2 fully saturated rings. The van der Waals surface area contributed by atoms with Crippen molar-refractivity contribution in [2.45, 2.75) is 31.8 Å². The molecule has 1 N–H and O–H groups in total. The molecule has 1 aliphatic heterocycles. The van der Waals surface area contributed by atoms with Crippen LogP contribution >= 0.6 is 11.3 Å². The summed E-state index contributed by atoms with van der Waals surface area (Å²) in [5.74, 6) is 0.787. The van der Waals surface area contributed by atoms with E-state index in [9.17, 15) is 0 Å². The highest BCUT2D eigenvalue weighted by atomic mass is 32.1. The molecule has 4 rings (SSSR count). The van der Waals surface area contributed by atoms with Gasteiger partial charge in [0.1, 0.15) is 0 Å². The van der Waals surface area contributed by atoms with Crippen molar-refractivity contribution < 1.29 is 4.74 Å². The number of ether oxygens (including phenoxy) is 1. The van der Waals surface area contributed by atoms with E-state index < -0.39 is 0 Å². The van der Waals surface area contributed by atoms with Gasteiger partial charge < -0.3 is 10.1 Å². The summed E-state index contributed by atoms with van der Waals surface area (Å²) in [6.07, 6.45) is 9.57. The summed E-state index contributed by atoms with van der Waals surface area (Å²) in [6, 6.07) is 0. The van der Waals surface area contributed by atoms with Crippen molar-refractivity contribution in [2.24, 2.45) is 11.3 Å². The molecule has 3 heterocycles. The smallest absolute Gasteiger partial charge is 0.193 e. The molecule has 1 aliphatic carbocycles. The highest BCUT2D eigenvalue weighted by molar-refractivity contribution is 7.15. The predicted molar refractivity (Wildman–Crippen MR) is 80.2 cm³/mol. The second-order valence-electron chi connectivity index (χ2n) is 6.27. The van der Waals surface area contributed by atoms with Crippen LogP contribution in [0.1, 0.15) is 25.0 Å². The summed E-state index contributed by atoms with van der Waals surface area (Å²) in [5, 5.41) is 5.48. The fourth-order valence-corrected chi connectivity index (χ4v) is 4.48. The number of hydrogen-bond acceptors (Lipinski definition) is 4. The van der Waals surface area contributed by atoms with Gasteiger partial charge in [0, 0.05) is 42.8 Å². The zero-order valence-electron chi connectivity index (χ0n) is 11.8. The Morgan fingerprint density at radius 2 is 2.45 bits per heavy atom. The average molecular weight is 291 g/mol. The number of hydrogen-bond donors (Lipinski definition) is 1. The lowest BCUT2D eigenvalue weighted by atomic mass is 9.75. The molecule has 0 aromatic carbocycles. The summed E-state index contributed by atoms with van der Waals surface area (Å²) in [7, 11) is 2.05. The molecular weight excluding hydrogens is 270 g/mol. The van der Waals surface area contributed by atoms with Gasteiger partial charge in [-0.25, -0.2) is 4.98 Å². The lowest BCUT2D eigenvalue weighted by Crippen LogP contribution is -2.42. The third-order valence-electron chi connectivity index (χ3n) is 4.76. The molecule has 1 saturated carbocycles. The van der Waals surface area contributed by atoms with E-state index in [2.05, 4.69) is 34.5 Å². The molecule has 108 valence electrons. The third kappa shape index (κ3) is 2.08. The molecule has 0 bridgehead atoms. The van der Waals surface area contributed by atoms with Crippen LogP contribution in [0.3, 0.4) is 0 Å². The molecule has 2 aliphatic rings. The van der Waals surface area contributed by atoms with Gasteiger partial charge in [-0.2, -0.15) is 0 Å². The topological polar surface area (TPSA) is 38.6 Å². The van der Waals surface area contributed by atoms with Gasteiger partial charge >= 0.3 is 0 Å². The zero-order chi connectivity index (χ0) is 13.6. The summed E-state index contributed by atoms with van der Waals surface area (Å²) >= 11 is 1.70. The number of rotatable bonds is 5. The molecule has 0 amide bonds. The first-order valence-corrected chi connectivity index (χ1v) is 8.36. The summed E-state index contributed by atoms with van der Waals surface area (Å²) in [6.45, 7) is 1.93. The Hall–Kier alpha value is -0.910. The minimum atomic E-state index is 0.236. The highest BCUT2D eigenvalue weighted by Gasteiger charge is 2.50. The lowest BCUT2D eigenvalue weighted by molar-refractivity contribution is 0.0311. The van der Waals surface area contributed by atoms with Gasteiger partial charge in [-0.1, -0.05) is 0 Å². The number of aromatic nitrogens is 2. The third-order valence-corrected chi connectivity index (χ3v) is 5.53. The van der Waals surface area contributed by atoms with E-state index in [4.69, 9.17) is 9.72 Å². The van der Waals surface area contributed by atoms with Gasteiger partial charge in [-0.05, 0) is 32.2 Å². The number of fused-ring (bicyclic) bond motifs is 1. The second-order valence-corrected chi connectivity index (χ2v) is 7.15. The number of thiazole rings is 1. The van der Waals surface area contributed by atoms with Crippen LogP contribution in [-0.4, -0.2) is 35.7 Å². The summed E-state index contributed by atoms with van der Waals surface area (Å²) in [5.41, 5.74) is 1.45. The zero-order valence-corrected chi connectivity index (χ0v) is 12.7. The molecule has 2 atom stereocenters. The minimum absolute atomic E-state index is 0.236. The van der Waals surface area contributed by atoms with E-state index in [1.165, 1.54) is 18.5 Å². The van der Waals surface area contributed by atoms with Gasteiger partial charge in [0.25, 0.3) is 0 Å². The van der Waals surface area contributed by atoms with Gasteiger partial charge in [-0.3, -0.25) is 4.40 Å². The van der Waals surface area contributed by atoms with Crippen LogP contribution in [0.25, 0.3) is 4.96 Å². The van der Waals surface area contributed by atoms with E-state index in [0.29, 0.717) is 6.10 Å². The minimum Gasteiger partial charge on any atom is -0.377 e. The van der Waals surface area contributed by atoms with Crippen molar-refractivity contribution in [2.75, 3.05) is 20.2 Å². The Kier molecular flexibility index (Phi) is 3.09. The molecule has 20 heavy (non-hydrogen) atoms. The van der Waals surface area contributed by atoms with E-state index in [-0.39, 0.29) is 5.41 Å². The van der Waals surface area contributed by atoms with E-state index in [1.54, 1.807) is 11.3 Å². The molecule has 1 saturated heterocycles. The van der Waals surface area contributed by atoms with Crippen molar-refractivity contribution >= 4 is 16.3 Å². The Morgan fingerprint density at radius 3 is 3.20 bits per heavy atom. The molecule has 5 heteroatoms. The van der Waals surface area contributed by atoms with Gasteiger partial charge in [0.05, 0.1) is 11.8 Å². The summed E-state index contributed by atoms with van der Waals surface area (Å²) in [4.78, 5) is 5.87. The van der Waals surface area contributed by atoms with Crippen LogP contribution in [0.5, 0.6) is 0 Å². The maximum atomic E-state index is 6.10. The van der Waals surface area contributed by atoms with Crippen molar-refractivity contribution in [3.8, 4) is 0 Å². The molecule has 2 aromatic heterocycles. The number of imidazole rings is 1. The quantitative estimate of drug-likeness (QED) is 0.919. The van der Waals surface area contributed by atoms with Crippen molar-refractivity contribution in [1.29, 1.82) is 0 Å². The predicted octanol–water partition coefficient (Wildman–Crippen LogP) is 2.34.